The largest absolute Gasteiger partial charge is 0.336 e. The van der Waals surface area contributed by atoms with Gasteiger partial charge in [-0.05, 0) is 17.8 Å². The summed E-state index contributed by atoms with van der Waals surface area (Å²) in [7, 11) is 1.60. The van der Waals surface area contributed by atoms with E-state index in [1.54, 1.807) is 7.05 Å². The number of hydrogen-bond donors (Lipinski definition) is 2. The van der Waals surface area contributed by atoms with Crippen molar-refractivity contribution in [2.24, 2.45) is 18.4 Å². The number of aromatic nitrogens is 4. The van der Waals surface area contributed by atoms with Crippen molar-refractivity contribution in [2.75, 3.05) is 0 Å². The van der Waals surface area contributed by atoms with Crippen molar-refractivity contribution >= 4 is 11.2 Å². The second kappa shape index (κ2) is 4.92. The highest BCUT2D eigenvalue weighted by Crippen LogP contribution is 2.25. The fourth-order valence-corrected chi connectivity index (χ4v) is 2.70. The second-order valence-electron chi connectivity index (χ2n) is 6.77. The molecule has 6 heteroatoms. The molecule has 2 heterocycles. The summed E-state index contributed by atoms with van der Waals surface area (Å²) in [5, 5.41) is 0. The molecule has 0 aliphatic rings. The summed E-state index contributed by atoms with van der Waals surface area (Å²) in [6, 6.07) is 0. The van der Waals surface area contributed by atoms with Crippen molar-refractivity contribution in [3.05, 3.63) is 26.7 Å². The lowest BCUT2D eigenvalue weighted by molar-refractivity contribution is 0.304. The zero-order valence-corrected chi connectivity index (χ0v) is 12.7. The number of nitrogens with zero attached hydrogens (tertiary/aromatic N) is 2. The average molecular weight is 278 g/mol. The number of fused-ring (bicyclic) bond motifs is 1. The number of aryl methyl sites for hydroxylation is 1. The van der Waals surface area contributed by atoms with Gasteiger partial charge in [-0.2, -0.15) is 0 Å². The molecule has 0 saturated heterocycles. The lowest BCUT2D eigenvalue weighted by atomic mass is 9.84. The van der Waals surface area contributed by atoms with Crippen LogP contribution >= 0.6 is 0 Å². The van der Waals surface area contributed by atoms with Gasteiger partial charge < -0.3 is 4.98 Å². The molecule has 0 saturated carbocycles. The summed E-state index contributed by atoms with van der Waals surface area (Å²) in [6.45, 7) is 8.78. The standard InChI is InChI=1S/C14H22N4O2/c1-8(7-14(2,3)4)6-9-15-10-11(16-9)18(5)13(20)17-12(10)19/h8H,6-7H2,1-5H3,(H,15,16)(H,17,19,20). The molecular weight excluding hydrogens is 256 g/mol. The van der Waals surface area contributed by atoms with Gasteiger partial charge >= 0.3 is 5.69 Å². The van der Waals surface area contributed by atoms with E-state index < -0.39 is 11.2 Å². The molecule has 0 aliphatic heterocycles. The van der Waals surface area contributed by atoms with Crippen LogP contribution in [0.25, 0.3) is 11.2 Å². The fourth-order valence-electron chi connectivity index (χ4n) is 2.70. The highest BCUT2D eigenvalue weighted by molar-refractivity contribution is 5.69. The van der Waals surface area contributed by atoms with E-state index in [0.29, 0.717) is 17.1 Å². The number of H-pyrrole nitrogens is 2. The number of imidazole rings is 1. The highest BCUT2D eigenvalue weighted by atomic mass is 16.2. The number of aromatic amines is 2. The Labute approximate surface area is 117 Å². The molecule has 1 atom stereocenters. The van der Waals surface area contributed by atoms with E-state index in [9.17, 15) is 9.59 Å². The van der Waals surface area contributed by atoms with Crippen LogP contribution in [0.4, 0.5) is 0 Å². The molecule has 0 bridgehead atoms. The number of hydrogen-bond acceptors (Lipinski definition) is 3. The predicted molar refractivity (Wildman–Crippen MR) is 78.9 cm³/mol. The third kappa shape index (κ3) is 3.00. The maximum absolute atomic E-state index is 11.7. The first kappa shape index (κ1) is 14.6. The van der Waals surface area contributed by atoms with Crippen molar-refractivity contribution < 1.29 is 0 Å². The van der Waals surface area contributed by atoms with Crippen molar-refractivity contribution in [1.82, 2.24) is 19.5 Å². The first-order valence-corrected chi connectivity index (χ1v) is 6.85. The van der Waals surface area contributed by atoms with E-state index in [2.05, 4.69) is 42.6 Å². The van der Waals surface area contributed by atoms with Crippen LogP contribution in [0.3, 0.4) is 0 Å². The molecule has 0 amide bonds. The van der Waals surface area contributed by atoms with Crippen molar-refractivity contribution in [3.8, 4) is 0 Å². The Bertz CT molecular complexity index is 730. The Hall–Kier alpha value is -1.85. The Morgan fingerprint density at radius 3 is 2.50 bits per heavy atom. The van der Waals surface area contributed by atoms with Crippen molar-refractivity contribution in [3.63, 3.8) is 0 Å². The van der Waals surface area contributed by atoms with Gasteiger partial charge in [-0.3, -0.25) is 14.3 Å². The van der Waals surface area contributed by atoms with Crippen LogP contribution in [-0.2, 0) is 13.5 Å². The number of nitrogens with one attached hydrogen (secondary N) is 2. The molecule has 1 unspecified atom stereocenters. The van der Waals surface area contributed by atoms with E-state index in [-0.39, 0.29) is 5.41 Å². The summed E-state index contributed by atoms with van der Waals surface area (Å²) < 4.78 is 1.35. The molecule has 20 heavy (non-hydrogen) atoms. The van der Waals surface area contributed by atoms with Crippen molar-refractivity contribution in [1.29, 1.82) is 0 Å². The van der Waals surface area contributed by atoms with Crippen molar-refractivity contribution in [2.45, 2.75) is 40.5 Å². The Morgan fingerprint density at radius 2 is 1.90 bits per heavy atom. The van der Waals surface area contributed by atoms with Crippen LogP contribution in [0.5, 0.6) is 0 Å². The molecule has 110 valence electrons. The monoisotopic (exact) mass is 278 g/mol. The van der Waals surface area contributed by atoms with E-state index in [0.717, 1.165) is 18.7 Å². The molecular formula is C14H22N4O2. The lowest BCUT2D eigenvalue weighted by Crippen LogP contribution is -2.28. The molecule has 0 aromatic carbocycles. The minimum absolute atomic E-state index is 0.260. The summed E-state index contributed by atoms with van der Waals surface area (Å²) in [5.74, 6) is 1.20. The third-order valence-electron chi connectivity index (χ3n) is 3.31. The second-order valence-corrected chi connectivity index (χ2v) is 6.77. The Morgan fingerprint density at radius 1 is 1.25 bits per heavy atom. The minimum atomic E-state index is -0.441. The van der Waals surface area contributed by atoms with Crippen LogP contribution in [0.1, 0.15) is 39.9 Å². The molecule has 2 N–H and O–H groups in total. The molecule has 0 aliphatic carbocycles. The van der Waals surface area contributed by atoms with Gasteiger partial charge in [-0.15, -0.1) is 0 Å². The Balaban J connectivity index is 2.34. The lowest BCUT2D eigenvalue weighted by Gasteiger charge is -2.22. The number of rotatable bonds is 3. The molecule has 0 radical (unpaired) electrons. The molecule has 2 aromatic heterocycles. The molecule has 0 spiro atoms. The van der Waals surface area contributed by atoms with E-state index in [1.165, 1.54) is 4.57 Å². The van der Waals surface area contributed by atoms with Crippen LogP contribution in [0, 0.1) is 11.3 Å². The summed E-state index contributed by atoms with van der Waals surface area (Å²) in [5.41, 5.74) is 0.186. The maximum Gasteiger partial charge on any atom is 0.329 e. The van der Waals surface area contributed by atoms with E-state index in [4.69, 9.17) is 0 Å². The van der Waals surface area contributed by atoms with Crippen LogP contribution in [-0.4, -0.2) is 19.5 Å². The van der Waals surface area contributed by atoms with E-state index in [1.807, 2.05) is 0 Å². The van der Waals surface area contributed by atoms with Gasteiger partial charge in [-0.1, -0.05) is 27.7 Å². The fraction of sp³-hybridized carbons (Fsp3) is 0.643. The van der Waals surface area contributed by atoms with Gasteiger partial charge in [0.1, 0.15) is 11.3 Å². The molecule has 2 rings (SSSR count). The summed E-state index contributed by atoms with van der Waals surface area (Å²) in [4.78, 5) is 33.0. The average Bonchev–Trinajstić information content (AvgIpc) is 2.67. The SMILES string of the molecule is CC(Cc1nc2c([nH]1)c(=O)[nH]c(=O)n2C)CC(C)(C)C. The van der Waals surface area contributed by atoms with Gasteiger partial charge in [0, 0.05) is 13.5 Å². The van der Waals surface area contributed by atoms with Gasteiger partial charge in [0.2, 0.25) is 0 Å². The van der Waals surface area contributed by atoms with Gasteiger partial charge in [0.05, 0.1) is 0 Å². The molecule has 6 nitrogen and oxygen atoms in total. The predicted octanol–water partition coefficient (Wildman–Crippen LogP) is 1.56. The highest BCUT2D eigenvalue weighted by Gasteiger charge is 2.18. The smallest absolute Gasteiger partial charge is 0.329 e. The molecule has 2 aromatic rings. The van der Waals surface area contributed by atoms with Crippen LogP contribution in [0.15, 0.2) is 9.59 Å². The van der Waals surface area contributed by atoms with Gasteiger partial charge in [0.15, 0.2) is 5.65 Å². The van der Waals surface area contributed by atoms with Gasteiger partial charge in [-0.25, -0.2) is 9.78 Å². The molecule has 0 fully saturated rings. The normalized spacial score (nSPS) is 13.8. The third-order valence-corrected chi connectivity index (χ3v) is 3.31. The summed E-state index contributed by atoms with van der Waals surface area (Å²) >= 11 is 0. The maximum atomic E-state index is 11.7. The quantitative estimate of drug-likeness (QED) is 0.893. The first-order chi connectivity index (χ1) is 9.17. The van der Waals surface area contributed by atoms with Gasteiger partial charge in [0.25, 0.3) is 5.56 Å². The zero-order valence-electron chi connectivity index (χ0n) is 12.7. The van der Waals surface area contributed by atoms with Crippen LogP contribution < -0.4 is 11.2 Å². The Kier molecular flexibility index (Phi) is 3.58. The van der Waals surface area contributed by atoms with E-state index >= 15 is 0 Å². The minimum Gasteiger partial charge on any atom is -0.336 e. The summed E-state index contributed by atoms with van der Waals surface area (Å²) in [6.07, 6.45) is 1.83. The topological polar surface area (TPSA) is 83.5 Å². The zero-order chi connectivity index (χ0) is 15.1. The van der Waals surface area contributed by atoms with Crippen LogP contribution in [0.2, 0.25) is 0 Å². The first-order valence-electron chi connectivity index (χ1n) is 6.85.